The average Bonchev–Trinajstić information content (AvgIpc) is 2.69. The van der Waals surface area contributed by atoms with Crippen molar-refractivity contribution in [1.82, 2.24) is 4.90 Å². The molecule has 0 saturated heterocycles. The maximum absolute atomic E-state index is 5.76. The molecule has 2 fully saturated rings. The number of hydrogen-bond donors (Lipinski definition) is 1. The van der Waals surface area contributed by atoms with Gasteiger partial charge in [-0.1, -0.05) is 6.92 Å². The van der Waals surface area contributed by atoms with Crippen LogP contribution in [0.5, 0.6) is 0 Å². The molecule has 0 aromatic carbocycles. The van der Waals surface area contributed by atoms with E-state index in [0.717, 1.165) is 12.1 Å². The zero-order valence-corrected chi connectivity index (χ0v) is 7.29. The molecule has 2 rings (SSSR count). The van der Waals surface area contributed by atoms with E-state index in [0.29, 0.717) is 6.04 Å². The Morgan fingerprint density at radius 1 is 1.27 bits per heavy atom. The second-order valence-corrected chi connectivity index (χ2v) is 3.95. The van der Waals surface area contributed by atoms with E-state index < -0.39 is 0 Å². The van der Waals surface area contributed by atoms with Crippen molar-refractivity contribution in [2.75, 3.05) is 6.54 Å². The van der Waals surface area contributed by atoms with Crippen molar-refractivity contribution in [3.05, 3.63) is 0 Å². The normalized spacial score (nSPS) is 37.4. The third kappa shape index (κ3) is 1.42. The van der Waals surface area contributed by atoms with Crippen LogP contribution >= 0.6 is 0 Å². The van der Waals surface area contributed by atoms with Crippen LogP contribution in [0.4, 0.5) is 0 Å². The molecule has 0 atom stereocenters. The van der Waals surface area contributed by atoms with E-state index in [1.54, 1.807) is 0 Å². The van der Waals surface area contributed by atoms with Crippen LogP contribution < -0.4 is 5.73 Å². The molecule has 64 valence electrons. The van der Waals surface area contributed by atoms with Gasteiger partial charge in [0.1, 0.15) is 0 Å². The first-order valence-electron chi connectivity index (χ1n) is 4.82. The molecule has 0 aliphatic heterocycles. The summed E-state index contributed by atoms with van der Waals surface area (Å²) in [5.41, 5.74) is 5.76. The lowest BCUT2D eigenvalue weighted by Crippen LogP contribution is -2.51. The predicted octanol–water partition coefficient (Wildman–Crippen LogP) is 0.960. The minimum atomic E-state index is 0.507. The third-order valence-corrected chi connectivity index (χ3v) is 3.00. The molecule has 0 spiro atoms. The standard InChI is InChI=1S/C9H18N2/c1-2-11(8-3-4-8)9-5-7(10)6-9/h7-9H,2-6,10H2,1H3. The Morgan fingerprint density at radius 3 is 2.27 bits per heavy atom. The second-order valence-electron chi connectivity index (χ2n) is 3.95. The highest BCUT2D eigenvalue weighted by Crippen LogP contribution is 2.34. The lowest BCUT2D eigenvalue weighted by molar-refractivity contribution is 0.109. The summed E-state index contributed by atoms with van der Waals surface area (Å²) in [7, 11) is 0. The Labute approximate surface area is 68.7 Å². The Hall–Kier alpha value is -0.0800. The number of rotatable bonds is 3. The van der Waals surface area contributed by atoms with E-state index in [2.05, 4.69) is 11.8 Å². The minimum absolute atomic E-state index is 0.507. The maximum atomic E-state index is 5.76. The van der Waals surface area contributed by atoms with Crippen LogP contribution in [0.3, 0.4) is 0 Å². The van der Waals surface area contributed by atoms with E-state index in [1.165, 1.54) is 32.2 Å². The van der Waals surface area contributed by atoms with E-state index in [4.69, 9.17) is 5.73 Å². The molecule has 2 aliphatic carbocycles. The molecule has 2 N–H and O–H groups in total. The molecular weight excluding hydrogens is 136 g/mol. The monoisotopic (exact) mass is 154 g/mol. The summed E-state index contributed by atoms with van der Waals surface area (Å²) in [5.74, 6) is 0. The summed E-state index contributed by atoms with van der Waals surface area (Å²) in [5, 5.41) is 0. The highest BCUT2D eigenvalue weighted by Gasteiger charge is 2.38. The third-order valence-electron chi connectivity index (χ3n) is 3.00. The van der Waals surface area contributed by atoms with Crippen molar-refractivity contribution in [2.45, 2.75) is 50.7 Å². The summed E-state index contributed by atoms with van der Waals surface area (Å²) in [6, 6.07) is 2.27. The largest absolute Gasteiger partial charge is 0.328 e. The molecule has 0 amide bonds. The fraction of sp³-hybridized carbons (Fsp3) is 1.00. The molecule has 0 heterocycles. The Kier molecular flexibility index (Phi) is 1.90. The van der Waals surface area contributed by atoms with Gasteiger partial charge in [0, 0.05) is 18.1 Å². The molecule has 2 heteroatoms. The topological polar surface area (TPSA) is 29.3 Å². The van der Waals surface area contributed by atoms with Gasteiger partial charge in [0.15, 0.2) is 0 Å². The number of hydrogen-bond acceptors (Lipinski definition) is 2. The molecule has 0 radical (unpaired) electrons. The van der Waals surface area contributed by atoms with Crippen LogP contribution in [-0.2, 0) is 0 Å². The summed E-state index contributed by atoms with van der Waals surface area (Å²) in [4.78, 5) is 2.64. The summed E-state index contributed by atoms with van der Waals surface area (Å²) in [6.45, 7) is 3.49. The highest BCUT2D eigenvalue weighted by atomic mass is 15.2. The Bertz CT molecular complexity index is 136. The van der Waals surface area contributed by atoms with Gasteiger partial charge in [-0.2, -0.15) is 0 Å². The van der Waals surface area contributed by atoms with Crippen LogP contribution in [0.1, 0.15) is 32.6 Å². The lowest BCUT2D eigenvalue weighted by Gasteiger charge is -2.41. The van der Waals surface area contributed by atoms with Crippen molar-refractivity contribution >= 4 is 0 Å². The number of nitrogens with two attached hydrogens (primary N) is 1. The van der Waals surface area contributed by atoms with E-state index in [1.807, 2.05) is 0 Å². The Morgan fingerprint density at radius 2 is 1.91 bits per heavy atom. The molecule has 0 aromatic heterocycles. The van der Waals surface area contributed by atoms with Crippen molar-refractivity contribution in [3.63, 3.8) is 0 Å². The van der Waals surface area contributed by atoms with Gasteiger partial charge < -0.3 is 5.73 Å². The zero-order chi connectivity index (χ0) is 7.84. The SMILES string of the molecule is CCN(C1CC1)C1CC(N)C1. The molecular formula is C9H18N2. The van der Waals surface area contributed by atoms with Gasteiger partial charge in [0.25, 0.3) is 0 Å². The first kappa shape index (κ1) is 7.56. The van der Waals surface area contributed by atoms with Crippen LogP contribution in [0.15, 0.2) is 0 Å². The molecule has 2 saturated carbocycles. The molecule has 2 aliphatic rings. The predicted molar refractivity (Wildman–Crippen MR) is 46.4 cm³/mol. The Balaban J connectivity index is 1.81. The summed E-state index contributed by atoms with van der Waals surface area (Å²) < 4.78 is 0. The zero-order valence-electron chi connectivity index (χ0n) is 7.29. The summed E-state index contributed by atoms with van der Waals surface area (Å²) >= 11 is 0. The molecule has 2 nitrogen and oxygen atoms in total. The highest BCUT2D eigenvalue weighted by molar-refractivity contribution is 4.95. The smallest absolute Gasteiger partial charge is 0.0127 e. The van der Waals surface area contributed by atoms with Gasteiger partial charge in [0.05, 0.1) is 0 Å². The van der Waals surface area contributed by atoms with Gasteiger partial charge in [-0.3, -0.25) is 4.90 Å². The van der Waals surface area contributed by atoms with Gasteiger partial charge in [-0.15, -0.1) is 0 Å². The van der Waals surface area contributed by atoms with Crippen LogP contribution in [-0.4, -0.2) is 29.6 Å². The maximum Gasteiger partial charge on any atom is 0.0127 e. The van der Waals surface area contributed by atoms with Gasteiger partial charge in [-0.05, 0) is 32.2 Å². The summed E-state index contributed by atoms with van der Waals surface area (Å²) in [6.07, 6.45) is 5.34. The average molecular weight is 154 g/mol. The van der Waals surface area contributed by atoms with Crippen molar-refractivity contribution in [3.8, 4) is 0 Å². The molecule has 0 aromatic rings. The van der Waals surface area contributed by atoms with Crippen LogP contribution in [0.2, 0.25) is 0 Å². The fourth-order valence-electron chi connectivity index (χ4n) is 2.12. The van der Waals surface area contributed by atoms with E-state index in [9.17, 15) is 0 Å². The molecule has 0 unspecified atom stereocenters. The van der Waals surface area contributed by atoms with Gasteiger partial charge in [-0.25, -0.2) is 0 Å². The van der Waals surface area contributed by atoms with Crippen molar-refractivity contribution < 1.29 is 0 Å². The van der Waals surface area contributed by atoms with Crippen LogP contribution in [0, 0.1) is 0 Å². The minimum Gasteiger partial charge on any atom is -0.328 e. The van der Waals surface area contributed by atoms with E-state index in [-0.39, 0.29) is 0 Å². The first-order chi connectivity index (χ1) is 5.31. The fourth-order valence-corrected chi connectivity index (χ4v) is 2.12. The van der Waals surface area contributed by atoms with Crippen molar-refractivity contribution in [1.29, 1.82) is 0 Å². The quantitative estimate of drug-likeness (QED) is 0.656. The lowest BCUT2D eigenvalue weighted by atomic mass is 9.86. The number of nitrogens with zero attached hydrogens (tertiary/aromatic N) is 1. The van der Waals surface area contributed by atoms with Gasteiger partial charge in [0.2, 0.25) is 0 Å². The first-order valence-corrected chi connectivity index (χ1v) is 4.82. The molecule has 0 bridgehead atoms. The van der Waals surface area contributed by atoms with Crippen molar-refractivity contribution in [2.24, 2.45) is 5.73 Å². The van der Waals surface area contributed by atoms with E-state index >= 15 is 0 Å². The second kappa shape index (κ2) is 2.76. The molecule has 11 heavy (non-hydrogen) atoms. The van der Waals surface area contributed by atoms with Crippen LogP contribution in [0.25, 0.3) is 0 Å². The van der Waals surface area contributed by atoms with Gasteiger partial charge >= 0.3 is 0 Å².